The van der Waals surface area contributed by atoms with Crippen molar-refractivity contribution in [1.82, 2.24) is 9.62 Å². The average Bonchev–Trinajstić information content (AvgIpc) is 2.68. The minimum atomic E-state index is -3.55. The van der Waals surface area contributed by atoms with Gasteiger partial charge < -0.3 is 10.6 Å². The molecule has 2 rings (SSSR count). The van der Waals surface area contributed by atoms with Gasteiger partial charge in [-0.2, -0.15) is 4.31 Å². The summed E-state index contributed by atoms with van der Waals surface area (Å²) in [6, 6.07) is 12.2. The van der Waals surface area contributed by atoms with Gasteiger partial charge in [0.2, 0.25) is 15.9 Å². The number of hydrogen-bond donors (Lipinski definition) is 2. The van der Waals surface area contributed by atoms with E-state index in [2.05, 4.69) is 10.6 Å². The van der Waals surface area contributed by atoms with Gasteiger partial charge in [-0.3, -0.25) is 9.59 Å². The van der Waals surface area contributed by atoms with Crippen LogP contribution in [0.3, 0.4) is 0 Å². The average molecular weight is 424 g/mol. The van der Waals surface area contributed by atoms with Gasteiger partial charge in [0, 0.05) is 29.4 Å². The van der Waals surface area contributed by atoms with Gasteiger partial charge in [-0.25, -0.2) is 8.42 Å². The summed E-state index contributed by atoms with van der Waals surface area (Å²) in [4.78, 5) is 24.2. The van der Waals surface area contributed by atoms with Crippen LogP contribution in [0.2, 0.25) is 5.02 Å². The second-order valence-corrected chi connectivity index (χ2v) is 8.23. The first-order chi connectivity index (χ1) is 13.3. The molecule has 0 aliphatic rings. The van der Waals surface area contributed by atoms with Crippen molar-refractivity contribution in [3.8, 4) is 0 Å². The number of benzene rings is 2. The van der Waals surface area contributed by atoms with Crippen LogP contribution in [-0.2, 0) is 14.8 Å². The summed E-state index contributed by atoms with van der Waals surface area (Å²) < 4.78 is 26.2. The molecule has 0 aliphatic heterocycles. The normalized spacial score (nSPS) is 11.3. The van der Waals surface area contributed by atoms with Gasteiger partial charge >= 0.3 is 0 Å². The highest BCUT2D eigenvalue weighted by molar-refractivity contribution is 7.89. The Balaban J connectivity index is 1.94. The molecule has 2 N–H and O–H groups in total. The topological polar surface area (TPSA) is 95.6 Å². The third kappa shape index (κ3) is 5.54. The highest BCUT2D eigenvalue weighted by Gasteiger charge is 2.21. The van der Waals surface area contributed by atoms with E-state index in [0.29, 0.717) is 29.4 Å². The number of amides is 2. The van der Waals surface area contributed by atoms with Crippen molar-refractivity contribution in [2.45, 2.75) is 18.7 Å². The van der Waals surface area contributed by atoms with Crippen molar-refractivity contribution in [1.29, 1.82) is 0 Å². The molecule has 0 aromatic heterocycles. The van der Waals surface area contributed by atoms with E-state index >= 15 is 0 Å². The molecule has 28 heavy (non-hydrogen) atoms. The summed E-state index contributed by atoms with van der Waals surface area (Å²) in [6.45, 7) is 4.08. The molecule has 0 saturated carbocycles. The zero-order chi connectivity index (χ0) is 20.7. The molecule has 0 saturated heterocycles. The molecule has 0 heterocycles. The van der Waals surface area contributed by atoms with Gasteiger partial charge in [0.15, 0.2) is 0 Å². The first-order valence-corrected chi connectivity index (χ1v) is 10.5. The standard InChI is InChI=1S/C19H22ClN3O4S/c1-3-23(4-2)28(26,27)17-11-9-16(10-12-17)22-18(24)13-21-19(25)14-5-7-15(20)8-6-14/h5-12H,3-4,13H2,1-2H3,(H,21,25)(H,22,24). The maximum absolute atomic E-state index is 12.4. The third-order valence-corrected chi connectivity index (χ3v) is 6.31. The number of carbonyl (C=O) groups is 2. The van der Waals surface area contributed by atoms with Gasteiger partial charge in [0.05, 0.1) is 11.4 Å². The first kappa shape index (κ1) is 21.9. The van der Waals surface area contributed by atoms with E-state index < -0.39 is 21.8 Å². The highest BCUT2D eigenvalue weighted by Crippen LogP contribution is 2.18. The summed E-state index contributed by atoms with van der Waals surface area (Å²) in [5.74, 6) is -0.825. The van der Waals surface area contributed by atoms with Crippen molar-refractivity contribution < 1.29 is 18.0 Å². The molecule has 0 spiro atoms. The molecule has 0 unspecified atom stereocenters. The lowest BCUT2D eigenvalue weighted by atomic mass is 10.2. The fourth-order valence-electron chi connectivity index (χ4n) is 2.49. The molecule has 0 fully saturated rings. The summed E-state index contributed by atoms with van der Waals surface area (Å²) in [6.07, 6.45) is 0. The van der Waals surface area contributed by atoms with E-state index in [1.165, 1.54) is 28.6 Å². The van der Waals surface area contributed by atoms with Crippen LogP contribution in [0.5, 0.6) is 0 Å². The smallest absolute Gasteiger partial charge is 0.251 e. The van der Waals surface area contributed by atoms with Gasteiger partial charge in [-0.05, 0) is 48.5 Å². The SMILES string of the molecule is CCN(CC)S(=O)(=O)c1ccc(NC(=O)CNC(=O)c2ccc(Cl)cc2)cc1. The Kier molecular flexibility index (Phi) is 7.56. The second-order valence-electron chi connectivity index (χ2n) is 5.85. The van der Waals surface area contributed by atoms with Crippen LogP contribution in [-0.4, -0.2) is 44.2 Å². The van der Waals surface area contributed by atoms with Crippen LogP contribution in [0.25, 0.3) is 0 Å². The molecular formula is C19H22ClN3O4S. The lowest BCUT2D eigenvalue weighted by Crippen LogP contribution is -2.33. The van der Waals surface area contributed by atoms with Gasteiger partial charge in [-0.15, -0.1) is 0 Å². The minimum Gasteiger partial charge on any atom is -0.343 e. The fourth-order valence-corrected chi connectivity index (χ4v) is 4.08. The van der Waals surface area contributed by atoms with Crippen molar-refractivity contribution in [2.75, 3.05) is 25.0 Å². The molecule has 9 heteroatoms. The minimum absolute atomic E-state index is 0.158. The van der Waals surface area contributed by atoms with Crippen LogP contribution in [0, 0.1) is 0 Å². The molecule has 0 aliphatic carbocycles. The number of nitrogens with one attached hydrogen (secondary N) is 2. The fraction of sp³-hybridized carbons (Fsp3) is 0.263. The predicted octanol–water partition coefficient (Wildman–Crippen LogP) is 2.74. The van der Waals surface area contributed by atoms with Crippen molar-refractivity contribution in [3.63, 3.8) is 0 Å². The second kappa shape index (κ2) is 9.68. The summed E-state index contributed by atoms with van der Waals surface area (Å²) >= 11 is 5.77. The van der Waals surface area contributed by atoms with Crippen LogP contribution < -0.4 is 10.6 Å². The van der Waals surface area contributed by atoms with E-state index in [9.17, 15) is 18.0 Å². The zero-order valence-electron chi connectivity index (χ0n) is 15.6. The number of nitrogens with zero attached hydrogens (tertiary/aromatic N) is 1. The Morgan fingerprint density at radius 3 is 2.07 bits per heavy atom. The van der Waals surface area contributed by atoms with Crippen LogP contribution >= 0.6 is 11.6 Å². The quantitative estimate of drug-likeness (QED) is 0.682. The zero-order valence-corrected chi connectivity index (χ0v) is 17.2. The van der Waals surface area contributed by atoms with Crippen LogP contribution in [0.1, 0.15) is 24.2 Å². The van der Waals surface area contributed by atoms with Crippen molar-refractivity contribution in [3.05, 3.63) is 59.1 Å². The number of sulfonamides is 1. The largest absolute Gasteiger partial charge is 0.343 e. The third-order valence-electron chi connectivity index (χ3n) is 4.00. The first-order valence-electron chi connectivity index (χ1n) is 8.71. The highest BCUT2D eigenvalue weighted by atomic mass is 35.5. The predicted molar refractivity (Wildman–Crippen MR) is 109 cm³/mol. The van der Waals surface area contributed by atoms with E-state index in [0.717, 1.165) is 0 Å². The lowest BCUT2D eigenvalue weighted by molar-refractivity contribution is -0.115. The maximum atomic E-state index is 12.4. The van der Waals surface area contributed by atoms with E-state index in [4.69, 9.17) is 11.6 Å². The Hall–Kier alpha value is -2.42. The number of carbonyl (C=O) groups excluding carboxylic acids is 2. The van der Waals surface area contributed by atoms with E-state index in [1.54, 1.807) is 38.1 Å². The Morgan fingerprint density at radius 2 is 1.54 bits per heavy atom. The number of rotatable bonds is 8. The molecule has 0 atom stereocenters. The number of hydrogen-bond acceptors (Lipinski definition) is 4. The van der Waals surface area contributed by atoms with Gasteiger partial charge in [0.1, 0.15) is 0 Å². The van der Waals surface area contributed by atoms with Gasteiger partial charge in [0.25, 0.3) is 5.91 Å². The summed E-state index contributed by atoms with van der Waals surface area (Å²) in [5.41, 5.74) is 0.826. The lowest BCUT2D eigenvalue weighted by Gasteiger charge is -2.18. The van der Waals surface area contributed by atoms with E-state index in [1.807, 2.05) is 0 Å². The Bertz CT molecular complexity index is 925. The Labute approximate surface area is 169 Å². The van der Waals surface area contributed by atoms with Gasteiger partial charge in [-0.1, -0.05) is 25.4 Å². The number of anilines is 1. The molecule has 0 radical (unpaired) electrons. The van der Waals surface area contributed by atoms with Crippen molar-refractivity contribution >= 4 is 39.1 Å². The molecule has 2 aromatic carbocycles. The molecule has 150 valence electrons. The van der Waals surface area contributed by atoms with Crippen LogP contribution in [0.4, 0.5) is 5.69 Å². The molecule has 2 aromatic rings. The van der Waals surface area contributed by atoms with Crippen molar-refractivity contribution in [2.24, 2.45) is 0 Å². The summed E-state index contributed by atoms with van der Waals surface area (Å²) in [7, 11) is -3.55. The number of halogens is 1. The molecule has 2 amide bonds. The molecule has 7 nitrogen and oxygen atoms in total. The van der Waals surface area contributed by atoms with E-state index in [-0.39, 0.29) is 11.4 Å². The monoisotopic (exact) mass is 423 g/mol. The summed E-state index contributed by atoms with van der Waals surface area (Å²) in [5, 5.41) is 5.63. The van der Waals surface area contributed by atoms with Crippen LogP contribution in [0.15, 0.2) is 53.4 Å². The molecular weight excluding hydrogens is 402 g/mol. The molecule has 0 bridgehead atoms. The Morgan fingerprint density at radius 1 is 0.964 bits per heavy atom. The maximum Gasteiger partial charge on any atom is 0.251 e.